The number of aromatic hydroxyl groups is 1. The molecule has 1 unspecified atom stereocenters. The summed E-state index contributed by atoms with van der Waals surface area (Å²) in [6.45, 7) is 5.36. The van der Waals surface area contributed by atoms with E-state index in [4.69, 9.17) is 5.11 Å². The van der Waals surface area contributed by atoms with Crippen molar-refractivity contribution < 1.29 is 53.7 Å². The topological polar surface area (TPSA) is 269 Å². The van der Waals surface area contributed by atoms with E-state index in [0.29, 0.717) is 5.56 Å². The second-order valence-electron chi connectivity index (χ2n) is 11.5. The van der Waals surface area contributed by atoms with Crippen molar-refractivity contribution in [1.29, 1.82) is 0 Å². The third-order valence-corrected chi connectivity index (χ3v) is 6.39. The van der Waals surface area contributed by atoms with Gasteiger partial charge in [0.15, 0.2) is 5.78 Å². The Balaban J connectivity index is 3.17. The maximum atomic E-state index is 13.4. The van der Waals surface area contributed by atoms with Crippen LogP contribution in [0, 0.1) is 5.41 Å². The Labute approximate surface area is 265 Å². The summed E-state index contributed by atoms with van der Waals surface area (Å²) in [4.78, 5) is 98.7. The van der Waals surface area contributed by atoms with Gasteiger partial charge in [-0.3, -0.25) is 38.4 Å². The summed E-state index contributed by atoms with van der Waals surface area (Å²) in [6.07, 6.45) is -1.83. The Kier molecular flexibility index (Phi) is 15.3. The summed E-state index contributed by atoms with van der Waals surface area (Å²) in [5.41, 5.74) is -0.294. The molecule has 0 aromatic heterocycles. The Morgan fingerprint density at radius 3 is 1.65 bits per heavy atom. The molecule has 0 aliphatic rings. The maximum absolute atomic E-state index is 13.4. The van der Waals surface area contributed by atoms with E-state index in [9.17, 15) is 48.6 Å². The fourth-order valence-electron chi connectivity index (χ4n) is 4.23. The fourth-order valence-corrected chi connectivity index (χ4v) is 4.23. The summed E-state index contributed by atoms with van der Waals surface area (Å²) < 4.78 is 0. The van der Waals surface area contributed by atoms with Crippen LogP contribution in [0.15, 0.2) is 24.3 Å². The summed E-state index contributed by atoms with van der Waals surface area (Å²) in [7, 11) is 1.46. The first kappa shape index (κ1) is 39.0. The first-order valence-corrected chi connectivity index (χ1v) is 14.2. The van der Waals surface area contributed by atoms with Crippen molar-refractivity contribution in [1.82, 2.24) is 31.9 Å². The molecule has 1 aromatic rings. The number of carboxylic acid groups (broad SMARTS) is 2. The van der Waals surface area contributed by atoms with Crippen LogP contribution in [-0.2, 0) is 44.8 Å². The third kappa shape index (κ3) is 14.1. The number of phenols is 1. The Bertz CT molecular complexity index is 1290. The zero-order valence-electron chi connectivity index (χ0n) is 26.3. The van der Waals surface area contributed by atoms with Crippen LogP contribution in [0.4, 0.5) is 0 Å². The number of phenolic OH excluding ortho intramolecular Hbond substituents is 1. The van der Waals surface area contributed by atoms with Gasteiger partial charge in [-0.25, -0.2) is 0 Å². The van der Waals surface area contributed by atoms with E-state index in [2.05, 4.69) is 31.9 Å². The number of hydrogen-bond acceptors (Lipinski definition) is 10. The SMILES string of the molecule is CNCC(=O)N[C@@H](CC(=O)O)C(=O)NCC(=O)N[C@@H](Cc1ccc(O)cc1)C(=O)N[C@@H](CC(=O)O)C(=O)NC(C(C)=O)C(C)(C)C. The molecule has 1 aromatic carbocycles. The van der Waals surface area contributed by atoms with E-state index in [1.807, 2.05) is 0 Å². The number of carboxylic acids is 2. The van der Waals surface area contributed by atoms with Crippen molar-refractivity contribution in [3.05, 3.63) is 29.8 Å². The molecule has 0 aliphatic carbocycles. The Morgan fingerprint density at radius 2 is 1.17 bits per heavy atom. The van der Waals surface area contributed by atoms with E-state index >= 15 is 0 Å². The van der Waals surface area contributed by atoms with E-state index in [0.717, 1.165) is 0 Å². The van der Waals surface area contributed by atoms with Crippen LogP contribution in [0.2, 0.25) is 0 Å². The van der Waals surface area contributed by atoms with Crippen LogP contribution in [0.25, 0.3) is 0 Å². The van der Waals surface area contributed by atoms with Crippen molar-refractivity contribution in [3.8, 4) is 5.75 Å². The van der Waals surface area contributed by atoms with E-state index in [-0.39, 0.29) is 18.7 Å². The number of amides is 5. The van der Waals surface area contributed by atoms with Crippen LogP contribution in [0.5, 0.6) is 5.75 Å². The summed E-state index contributed by atoms with van der Waals surface area (Å²) in [5, 5.41) is 42.2. The van der Waals surface area contributed by atoms with Gasteiger partial charge < -0.3 is 47.2 Å². The monoisotopic (exact) mass is 650 g/mol. The Hall–Kier alpha value is -5.06. The molecule has 17 nitrogen and oxygen atoms in total. The summed E-state index contributed by atoms with van der Waals surface area (Å²) in [5.74, 6) is -7.81. The first-order chi connectivity index (χ1) is 21.3. The number of aliphatic carboxylic acids is 2. The zero-order valence-corrected chi connectivity index (χ0v) is 26.3. The number of ketones is 1. The normalized spacial score (nSPS) is 13.6. The molecule has 5 amide bonds. The van der Waals surface area contributed by atoms with Gasteiger partial charge in [0.1, 0.15) is 23.9 Å². The minimum absolute atomic E-state index is 0.0775. The number of carbonyl (C=O) groups excluding carboxylic acids is 6. The van der Waals surface area contributed by atoms with Gasteiger partial charge in [-0.2, -0.15) is 0 Å². The lowest BCUT2D eigenvalue weighted by atomic mass is 9.84. The molecule has 0 heterocycles. The van der Waals surface area contributed by atoms with E-state index < -0.39 is 96.2 Å². The number of likely N-dealkylation sites (N-methyl/N-ethyl adjacent to an activating group) is 1. The fraction of sp³-hybridized carbons (Fsp3) is 0.517. The summed E-state index contributed by atoms with van der Waals surface area (Å²) >= 11 is 0. The number of benzene rings is 1. The third-order valence-electron chi connectivity index (χ3n) is 6.39. The predicted molar refractivity (Wildman–Crippen MR) is 161 cm³/mol. The highest BCUT2D eigenvalue weighted by Crippen LogP contribution is 2.20. The second kappa shape index (κ2) is 18.0. The second-order valence-corrected chi connectivity index (χ2v) is 11.5. The molecule has 0 saturated carbocycles. The van der Waals surface area contributed by atoms with Gasteiger partial charge >= 0.3 is 11.9 Å². The predicted octanol–water partition coefficient (Wildman–Crippen LogP) is -2.21. The molecule has 0 radical (unpaired) electrons. The van der Waals surface area contributed by atoms with Crippen LogP contribution in [-0.4, -0.2) is 107 Å². The largest absolute Gasteiger partial charge is 0.508 e. The van der Waals surface area contributed by atoms with Gasteiger partial charge in [0.05, 0.1) is 32.0 Å². The lowest BCUT2D eigenvalue weighted by Crippen LogP contribution is -2.59. The van der Waals surface area contributed by atoms with Gasteiger partial charge in [0.2, 0.25) is 29.5 Å². The van der Waals surface area contributed by atoms with Crippen LogP contribution < -0.4 is 31.9 Å². The number of Topliss-reactive ketones (excluding diaryl/α,β-unsaturated/α-hetero) is 1. The van der Waals surface area contributed by atoms with Crippen molar-refractivity contribution in [2.75, 3.05) is 20.1 Å². The average molecular weight is 651 g/mol. The van der Waals surface area contributed by atoms with Crippen LogP contribution in [0.3, 0.4) is 0 Å². The molecule has 17 heteroatoms. The molecule has 254 valence electrons. The Morgan fingerprint density at radius 1 is 0.696 bits per heavy atom. The molecule has 9 N–H and O–H groups in total. The van der Waals surface area contributed by atoms with Crippen molar-refractivity contribution in [2.45, 2.75) is 71.1 Å². The number of nitrogens with one attached hydrogen (secondary N) is 6. The van der Waals surface area contributed by atoms with E-state index in [1.165, 1.54) is 38.2 Å². The van der Waals surface area contributed by atoms with Crippen LogP contribution >= 0.6 is 0 Å². The van der Waals surface area contributed by atoms with Gasteiger partial charge in [-0.1, -0.05) is 32.9 Å². The highest BCUT2D eigenvalue weighted by molar-refractivity contribution is 5.97. The zero-order chi connectivity index (χ0) is 35.2. The van der Waals surface area contributed by atoms with Gasteiger partial charge in [0.25, 0.3) is 0 Å². The standard InChI is InChI=1S/C29H42N6O11/c1-15(36)25(29(2,3)4)35-28(46)20(12-24(42)43)34-27(45)18(10-16-6-8-17(37)9-7-16)32-22(39)14-31-26(44)19(11-23(40)41)33-21(38)13-30-5/h6-9,18-20,25,30,37H,10-14H2,1-5H3,(H,31,44)(H,32,39)(H,33,38)(H,34,45)(H,35,46)(H,40,41)(H,42,43)/t18-,19-,20-,25?/m0/s1. The smallest absolute Gasteiger partial charge is 0.305 e. The number of carbonyl (C=O) groups is 8. The van der Waals surface area contributed by atoms with Gasteiger partial charge in [0, 0.05) is 6.42 Å². The molecule has 0 bridgehead atoms. The van der Waals surface area contributed by atoms with E-state index in [1.54, 1.807) is 20.8 Å². The molecule has 46 heavy (non-hydrogen) atoms. The molecule has 0 spiro atoms. The molecule has 0 fully saturated rings. The quantitative estimate of drug-likeness (QED) is 0.0819. The molecule has 4 atom stereocenters. The summed E-state index contributed by atoms with van der Waals surface area (Å²) in [6, 6.07) is -0.0347. The highest BCUT2D eigenvalue weighted by Gasteiger charge is 2.35. The number of rotatable bonds is 18. The van der Waals surface area contributed by atoms with Gasteiger partial charge in [-0.05, 0) is 37.1 Å². The lowest BCUT2D eigenvalue weighted by Gasteiger charge is -2.31. The maximum Gasteiger partial charge on any atom is 0.305 e. The first-order valence-electron chi connectivity index (χ1n) is 14.2. The minimum Gasteiger partial charge on any atom is -0.508 e. The molecular formula is C29H42N6O11. The lowest BCUT2D eigenvalue weighted by molar-refractivity contribution is -0.142. The molecule has 0 aliphatic heterocycles. The number of hydrogen-bond donors (Lipinski definition) is 9. The van der Waals surface area contributed by atoms with Crippen LogP contribution in [0.1, 0.15) is 46.1 Å². The van der Waals surface area contributed by atoms with Gasteiger partial charge in [-0.15, -0.1) is 0 Å². The molecular weight excluding hydrogens is 608 g/mol. The van der Waals surface area contributed by atoms with Crippen molar-refractivity contribution >= 4 is 47.3 Å². The molecule has 0 saturated heterocycles. The minimum atomic E-state index is -1.65. The van der Waals surface area contributed by atoms with Crippen molar-refractivity contribution in [2.24, 2.45) is 5.41 Å². The highest BCUT2D eigenvalue weighted by atomic mass is 16.4. The van der Waals surface area contributed by atoms with Crippen molar-refractivity contribution in [3.63, 3.8) is 0 Å². The molecule has 1 rings (SSSR count). The average Bonchev–Trinajstić information content (AvgIpc) is 2.93.